The molecule has 4 atom stereocenters. The second-order valence-electron chi connectivity index (χ2n) is 11.5. The van der Waals surface area contributed by atoms with Gasteiger partial charge in [-0.05, 0) is 42.5 Å². The first kappa shape index (κ1) is 28.4. The normalized spacial score (nSPS) is 22.1. The third-order valence-electron chi connectivity index (χ3n) is 8.65. The van der Waals surface area contributed by atoms with Crippen molar-refractivity contribution in [2.45, 2.75) is 44.4 Å². The topological polar surface area (TPSA) is 50.6 Å². The lowest BCUT2D eigenvalue weighted by Gasteiger charge is -2.41. The Bertz CT molecular complexity index is 1330. The summed E-state index contributed by atoms with van der Waals surface area (Å²) in [6.45, 7) is 7.26. The first-order chi connectivity index (χ1) is 20.0. The smallest absolute Gasteiger partial charge is 0.240 e. The van der Waals surface area contributed by atoms with Gasteiger partial charge in [-0.2, -0.15) is 0 Å². The van der Waals surface area contributed by atoms with E-state index in [9.17, 15) is 9.18 Å². The molecular formula is C33H40FN5OS. The Morgan fingerprint density at radius 3 is 2.44 bits per heavy atom. The zero-order valence-electron chi connectivity index (χ0n) is 23.8. The molecule has 0 aliphatic carbocycles. The molecule has 3 aromatic carbocycles. The van der Waals surface area contributed by atoms with Crippen LogP contribution in [0.2, 0.25) is 0 Å². The number of benzene rings is 3. The van der Waals surface area contributed by atoms with Crippen molar-refractivity contribution in [3.05, 3.63) is 106 Å². The van der Waals surface area contributed by atoms with Gasteiger partial charge in [0, 0.05) is 57.4 Å². The van der Waals surface area contributed by atoms with Crippen molar-refractivity contribution in [1.82, 2.24) is 24.7 Å². The highest BCUT2D eigenvalue weighted by atomic mass is 32.2. The molecule has 1 amide bonds. The van der Waals surface area contributed by atoms with E-state index in [1.807, 2.05) is 17.0 Å². The van der Waals surface area contributed by atoms with Gasteiger partial charge in [0.25, 0.3) is 0 Å². The van der Waals surface area contributed by atoms with E-state index >= 15 is 0 Å². The van der Waals surface area contributed by atoms with Crippen molar-refractivity contribution in [1.29, 1.82) is 0 Å². The van der Waals surface area contributed by atoms with Crippen molar-refractivity contribution in [2.75, 3.05) is 45.1 Å². The number of hydrogen-bond acceptors (Lipinski definition) is 6. The molecular weight excluding hydrogens is 533 g/mol. The summed E-state index contributed by atoms with van der Waals surface area (Å²) in [7, 11) is 0. The maximum atomic E-state index is 14.8. The SMILES string of the molecule is Cc1ccc(CC(NCC2Cc3ccccc3CN2)C(=O)N2CCN(C(CN3CS3)c3ccccc3F)CC2)cc1. The van der Waals surface area contributed by atoms with Gasteiger partial charge in [-0.25, -0.2) is 8.70 Å². The standard InChI is InChI=1S/C33H40FN5OS/c1-24-10-12-25(13-11-24)18-31(36-21-28-19-26-6-2-3-7-27(26)20-35-28)33(40)38-16-14-37(15-17-38)32(22-39-23-41-39)29-8-4-5-9-30(29)34/h2-13,28,31-32,35-36H,14-23H2,1H3. The van der Waals surface area contributed by atoms with Gasteiger partial charge in [-0.1, -0.05) is 84.2 Å². The monoisotopic (exact) mass is 573 g/mol. The van der Waals surface area contributed by atoms with Crippen LogP contribution >= 0.6 is 11.9 Å². The van der Waals surface area contributed by atoms with Crippen LogP contribution in [-0.4, -0.2) is 77.2 Å². The minimum absolute atomic E-state index is 0.00909. The minimum atomic E-state index is -0.292. The molecule has 3 aromatic rings. The molecule has 0 saturated carbocycles. The zero-order valence-corrected chi connectivity index (χ0v) is 24.6. The fourth-order valence-electron chi connectivity index (χ4n) is 6.13. The molecule has 0 bridgehead atoms. The van der Waals surface area contributed by atoms with Gasteiger partial charge in [0.2, 0.25) is 5.91 Å². The molecule has 6 nitrogen and oxygen atoms in total. The van der Waals surface area contributed by atoms with Gasteiger partial charge in [0.1, 0.15) is 5.82 Å². The molecule has 3 aliphatic heterocycles. The van der Waals surface area contributed by atoms with Gasteiger partial charge in [0.05, 0.1) is 18.0 Å². The number of amides is 1. The van der Waals surface area contributed by atoms with Gasteiger partial charge in [-0.15, -0.1) is 0 Å². The fourth-order valence-corrected chi connectivity index (χ4v) is 6.56. The summed E-state index contributed by atoms with van der Waals surface area (Å²) in [5.74, 6) is 1.01. The lowest BCUT2D eigenvalue weighted by atomic mass is 9.95. The number of rotatable bonds is 10. The number of piperazine rings is 1. The van der Waals surface area contributed by atoms with Crippen molar-refractivity contribution in [3.63, 3.8) is 0 Å². The summed E-state index contributed by atoms with van der Waals surface area (Å²) in [6, 6.07) is 24.2. The molecule has 3 aliphatic rings. The number of nitrogens with zero attached hydrogens (tertiary/aromatic N) is 3. The molecule has 2 fully saturated rings. The van der Waals surface area contributed by atoms with Crippen LogP contribution < -0.4 is 10.6 Å². The predicted molar refractivity (Wildman–Crippen MR) is 164 cm³/mol. The number of fused-ring (bicyclic) bond motifs is 1. The number of carbonyl (C=O) groups excluding carboxylic acids is 1. The van der Waals surface area contributed by atoms with Crippen LogP contribution in [0.1, 0.15) is 33.9 Å². The predicted octanol–water partition coefficient (Wildman–Crippen LogP) is 4.16. The molecule has 8 heteroatoms. The summed E-state index contributed by atoms with van der Waals surface area (Å²) >= 11 is 1.79. The van der Waals surface area contributed by atoms with Crippen LogP contribution in [0.15, 0.2) is 72.8 Å². The Morgan fingerprint density at radius 1 is 1.00 bits per heavy atom. The quantitative estimate of drug-likeness (QED) is 0.281. The lowest BCUT2D eigenvalue weighted by Crippen LogP contribution is -2.57. The maximum absolute atomic E-state index is 14.8. The van der Waals surface area contributed by atoms with E-state index in [4.69, 9.17) is 0 Å². The van der Waals surface area contributed by atoms with E-state index in [0.29, 0.717) is 19.5 Å². The lowest BCUT2D eigenvalue weighted by molar-refractivity contribution is -0.135. The fraction of sp³-hybridized carbons (Fsp3) is 0.424. The van der Waals surface area contributed by atoms with E-state index in [1.54, 1.807) is 24.1 Å². The maximum Gasteiger partial charge on any atom is 0.240 e. The number of hydrogen-bond donors (Lipinski definition) is 2. The molecule has 0 aromatic heterocycles. The van der Waals surface area contributed by atoms with Gasteiger partial charge in [-0.3, -0.25) is 9.69 Å². The number of halogens is 1. The Morgan fingerprint density at radius 2 is 1.71 bits per heavy atom. The van der Waals surface area contributed by atoms with Crippen LogP contribution in [0.3, 0.4) is 0 Å². The Labute approximate surface area is 247 Å². The highest BCUT2D eigenvalue weighted by Gasteiger charge is 2.34. The third-order valence-corrected chi connectivity index (χ3v) is 9.43. The molecule has 2 saturated heterocycles. The van der Waals surface area contributed by atoms with E-state index in [2.05, 4.69) is 75.3 Å². The number of nitrogens with one attached hydrogen (secondary N) is 2. The summed E-state index contributed by atoms with van der Waals surface area (Å²) in [5, 5.41) is 7.30. The van der Waals surface area contributed by atoms with Crippen LogP contribution in [0.5, 0.6) is 0 Å². The van der Waals surface area contributed by atoms with Crippen molar-refractivity contribution < 1.29 is 9.18 Å². The van der Waals surface area contributed by atoms with E-state index < -0.39 is 0 Å². The Balaban J connectivity index is 1.11. The molecule has 0 radical (unpaired) electrons. The zero-order chi connectivity index (χ0) is 28.2. The van der Waals surface area contributed by atoms with Crippen LogP contribution in [0, 0.1) is 12.7 Å². The Kier molecular flexibility index (Phi) is 9.03. The van der Waals surface area contributed by atoms with Gasteiger partial charge >= 0.3 is 0 Å². The molecule has 4 unspecified atom stereocenters. The minimum Gasteiger partial charge on any atom is -0.339 e. The summed E-state index contributed by atoms with van der Waals surface area (Å²) < 4.78 is 17.1. The van der Waals surface area contributed by atoms with E-state index in [-0.39, 0.29) is 29.8 Å². The number of carbonyl (C=O) groups is 1. The van der Waals surface area contributed by atoms with Crippen molar-refractivity contribution >= 4 is 17.9 Å². The Hall–Kier alpha value is -2.75. The van der Waals surface area contributed by atoms with Crippen molar-refractivity contribution in [2.24, 2.45) is 0 Å². The summed E-state index contributed by atoms with van der Waals surface area (Å²) in [4.78, 5) is 18.3. The van der Waals surface area contributed by atoms with Crippen LogP contribution in [0.25, 0.3) is 0 Å². The van der Waals surface area contributed by atoms with Crippen LogP contribution in [0.4, 0.5) is 4.39 Å². The second kappa shape index (κ2) is 13.0. The summed E-state index contributed by atoms with van der Waals surface area (Å²) in [5.41, 5.74) is 5.88. The molecule has 41 heavy (non-hydrogen) atoms. The second-order valence-corrected chi connectivity index (χ2v) is 12.6. The highest BCUT2D eigenvalue weighted by molar-refractivity contribution is 8.02. The van der Waals surface area contributed by atoms with Gasteiger partial charge < -0.3 is 15.5 Å². The molecule has 3 heterocycles. The number of aryl methyl sites for hydroxylation is 1. The van der Waals surface area contributed by atoms with Crippen molar-refractivity contribution in [3.8, 4) is 0 Å². The highest BCUT2D eigenvalue weighted by Crippen LogP contribution is 2.34. The van der Waals surface area contributed by atoms with Gasteiger partial charge in [0.15, 0.2) is 0 Å². The third kappa shape index (κ3) is 7.19. The molecule has 216 valence electrons. The largest absolute Gasteiger partial charge is 0.339 e. The van der Waals surface area contributed by atoms with Crippen LogP contribution in [-0.2, 0) is 24.2 Å². The molecule has 0 spiro atoms. The average molecular weight is 574 g/mol. The molecule has 2 N–H and O–H groups in total. The first-order valence-corrected chi connectivity index (χ1v) is 15.7. The van der Waals surface area contributed by atoms with E-state index in [0.717, 1.165) is 56.1 Å². The molecule has 6 rings (SSSR count). The first-order valence-electron chi connectivity index (χ1n) is 14.8. The van der Waals surface area contributed by atoms with E-state index in [1.165, 1.54) is 16.7 Å². The summed E-state index contributed by atoms with van der Waals surface area (Å²) in [6.07, 6.45) is 1.62. The average Bonchev–Trinajstić information content (AvgIpc) is 3.83.